The monoisotopic (exact) mass is 1300 g/mol. The van der Waals surface area contributed by atoms with Gasteiger partial charge in [-0.2, -0.15) is 0 Å². The van der Waals surface area contributed by atoms with Gasteiger partial charge in [0.25, 0.3) is 0 Å². The van der Waals surface area contributed by atoms with Gasteiger partial charge in [-0.05, 0) is 0 Å². The van der Waals surface area contributed by atoms with Crippen LogP contribution < -0.4 is 10.2 Å². The number of fused-ring (bicyclic) bond motifs is 12. The van der Waals surface area contributed by atoms with E-state index in [4.69, 9.17) is 4.42 Å². The Balaban J connectivity index is 1.05. The second-order valence-electron chi connectivity index (χ2n) is 35.4. The minimum atomic E-state index is -0.0324. The van der Waals surface area contributed by atoms with E-state index in [1.807, 2.05) is 11.3 Å². The van der Waals surface area contributed by atoms with Crippen LogP contribution in [-0.2, 0) is 43.3 Å². The minimum absolute atomic E-state index is 0.00567. The Morgan fingerprint density at radius 3 is 1.60 bits per heavy atom. The summed E-state index contributed by atoms with van der Waals surface area (Å²) in [6.45, 7) is 41.9. The Bertz CT molecular complexity index is 5510. The van der Waals surface area contributed by atoms with Gasteiger partial charge in [-0.15, -0.1) is 0 Å². The van der Waals surface area contributed by atoms with E-state index in [0.717, 1.165) is 124 Å². The summed E-state index contributed by atoms with van der Waals surface area (Å²) in [6.07, 6.45) is 9.07. The molecule has 0 fully saturated rings. The molecule has 3 heterocycles. The molecule has 0 radical (unpaired) electrons. The molecule has 0 bridgehead atoms. The summed E-state index contributed by atoms with van der Waals surface area (Å²) in [5, 5.41) is 11.5. The molecular formula is C92H95BN3OS+. The quantitative estimate of drug-likeness (QED) is 0.154. The molecule has 0 aliphatic heterocycles. The number of nitrogens with zero attached hydrogens (tertiary/aromatic N) is 2. The molecule has 98 heavy (non-hydrogen) atoms. The third-order valence-electron chi connectivity index (χ3n) is 25.1. The van der Waals surface area contributed by atoms with E-state index in [1.54, 1.807) is 0 Å². The molecule has 13 aromatic rings. The van der Waals surface area contributed by atoms with E-state index in [1.165, 1.54) is 92.1 Å². The number of aromatic nitrogens is 1. The second kappa shape index (κ2) is 21.6. The molecule has 0 saturated carbocycles. The normalized spacial score (nSPS) is 18.9. The molecular weight excluding hydrogens is 1210 g/mol. The van der Waals surface area contributed by atoms with Crippen LogP contribution in [0.4, 0.5) is 28.4 Å². The maximum absolute atomic E-state index is 7.83. The van der Waals surface area contributed by atoms with Gasteiger partial charge in [-0.3, -0.25) is 0 Å². The molecule has 0 atom stereocenters. The van der Waals surface area contributed by atoms with Gasteiger partial charge in [-0.1, -0.05) is 0 Å². The molecule has 492 valence electrons. The first-order chi connectivity index (χ1) is 46.5. The first kappa shape index (κ1) is 63.2. The first-order valence-electron chi connectivity index (χ1n) is 36.5. The predicted octanol–water partition coefficient (Wildman–Crippen LogP) is 26.6. The average Bonchev–Trinajstić information content (AvgIpc) is 1.43. The first-order valence-corrected chi connectivity index (χ1v) is 37.3. The van der Waals surface area contributed by atoms with Gasteiger partial charge in [0.15, 0.2) is 0 Å². The average molecular weight is 1300 g/mol. The molecule has 0 spiro atoms. The summed E-state index contributed by atoms with van der Waals surface area (Å²) in [4.78, 5) is 2.56. The molecule has 10 aromatic carbocycles. The van der Waals surface area contributed by atoms with Crippen molar-refractivity contribution in [2.75, 3.05) is 10.2 Å². The molecule has 4 aliphatic carbocycles. The fourth-order valence-corrected chi connectivity index (χ4v) is 19.5. The van der Waals surface area contributed by atoms with Crippen molar-refractivity contribution in [3.8, 4) is 27.9 Å². The molecule has 17 rings (SSSR count). The van der Waals surface area contributed by atoms with E-state index in [-0.39, 0.29) is 43.3 Å². The van der Waals surface area contributed by atoms with Crippen LogP contribution in [0.5, 0.6) is 0 Å². The fourth-order valence-electron chi connectivity index (χ4n) is 18.4. The second-order valence-corrected chi connectivity index (χ2v) is 36.5. The van der Waals surface area contributed by atoms with Gasteiger partial charge in [0.05, 0.1) is 0 Å². The van der Waals surface area contributed by atoms with Crippen LogP contribution in [0.1, 0.15) is 207 Å². The van der Waals surface area contributed by atoms with Crippen LogP contribution in [0, 0.1) is 0 Å². The molecule has 3 aromatic heterocycles. The van der Waals surface area contributed by atoms with E-state index < -0.39 is 0 Å². The molecule has 6 heteroatoms. The molecule has 0 saturated heterocycles. The zero-order valence-electron chi connectivity index (χ0n) is 60.8. The van der Waals surface area contributed by atoms with Gasteiger partial charge in [0.1, 0.15) is 0 Å². The van der Waals surface area contributed by atoms with E-state index >= 15 is 0 Å². The van der Waals surface area contributed by atoms with Gasteiger partial charge >= 0.3 is 589 Å². The van der Waals surface area contributed by atoms with Gasteiger partial charge in [0.2, 0.25) is 0 Å². The molecule has 4 aliphatic rings. The van der Waals surface area contributed by atoms with Crippen molar-refractivity contribution < 1.29 is 4.42 Å². The van der Waals surface area contributed by atoms with Crippen LogP contribution >= 0.6 is 11.3 Å². The Morgan fingerprint density at radius 1 is 0.388 bits per heavy atom. The summed E-state index contributed by atoms with van der Waals surface area (Å²) in [5.41, 5.74) is 26.7. The van der Waals surface area contributed by atoms with Gasteiger partial charge < -0.3 is 0 Å². The zero-order valence-corrected chi connectivity index (χ0v) is 61.6. The summed E-state index contributed by atoms with van der Waals surface area (Å²) < 4.78 is 13.1. The summed E-state index contributed by atoms with van der Waals surface area (Å²) in [7, 11) is 0. The van der Waals surface area contributed by atoms with Crippen molar-refractivity contribution >= 4 is 110 Å². The summed E-state index contributed by atoms with van der Waals surface area (Å²) >= 11 is 1.88. The molecule has 0 unspecified atom stereocenters. The predicted molar refractivity (Wildman–Crippen MR) is 423 cm³/mol. The van der Waals surface area contributed by atoms with Crippen molar-refractivity contribution in [3.63, 3.8) is 0 Å². The number of nitrogens with one attached hydrogen (secondary N) is 1. The van der Waals surface area contributed by atoms with Crippen molar-refractivity contribution in [1.82, 2.24) is 4.57 Å². The standard InChI is InChI=1S/C92H95BN3OS/c1-85(2)37-39-87(5,6)69-46-57(29-34-67(69)85)94-76-36-33-64-65-51-71-74(92(15,16)44-41-89(71,9)10)54-79(65)97-84(64)82(76)66-47-61(95(58-26-22-25-56(45-58)55-23-18-17-19-24-55)60-30-32-63-62-27-20-21-28-80(62)98-81(63)50-60)49-78-83(66)93-75-52-72-73(91(13,14)43-42-90(72,11)12)53-77(75)96(78)59-31-35-68-70(48-59)88(7,8)40-38-86(68,3)4/h17-36,45-54,94H,37-44H2,1-16H3/q+1. The van der Waals surface area contributed by atoms with Crippen molar-refractivity contribution in [2.45, 2.75) is 205 Å². The fraction of sp³-hybridized carbons (Fsp3) is 0.348. The van der Waals surface area contributed by atoms with Crippen molar-refractivity contribution in [3.05, 3.63) is 226 Å². The number of furan rings is 1. The number of hydrogen-bond acceptors (Lipinski definition) is 4. The van der Waals surface area contributed by atoms with Crippen LogP contribution in [0.2, 0.25) is 0 Å². The number of hydrogen-bond donors (Lipinski definition) is 1. The number of benzene rings is 10. The van der Waals surface area contributed by atoms with Crippen LogP contribution in [0.3, 0.4) is 0 Å². The van der Waals surface area contributed by atoms with E-state index in [0.29, 0.717) is 0 Å². The van der Waals surface area contributed by atoms with Crippen LogP contribution in [0.25, 0.3) is 91.6 Å². The van der Waals surface area contributed by atoms with Gasteiger partial charge in [-0.25, -0.2) is 0 Å². The van der Waals surface area contributed by atoms with E-state index in [2.05, 4.69) is 314 Å². The molecule has 4 nitrogen and oxygen atoms in total. The summed E-state index contributed by atoms with van der Waals surface area (Å²) in [6, 6.07) is 71.1. The third-order valence-corrected chi connectivity index (χ3v) is 26.3. The molecule has 0 amide bonds. The molecule has 1 N–H and O–H groups in total. The Labute approximate surface area is 585 Å². The van der Waals surface area contributed by atoms with Crippen molar-refractivity contribution in [1.29, 1.82) is 0 Å². The number of anilines is 5. The SMILES string of the molecule is CC1(C)CCC(C)(C)c2cc(Nc3ccc4c(oc5cc6c(cc54)C(C)(C)CCC6(C)C)c3-c3cc(N(c4cccc(-c5ccccc5)c4)c4ccc5c(c4)sc4ccccc45)cc4c3[b+]c3cc5c(cc3n4-c3ccc4c(c3)C(C)(C)CCC4(C)C)C(C)(C)CCC5(C)C)ccc21. The Hall–Kier alpha value is -8.32. The van der Waals surface area contributed by atoms with Crippen molar-refractivity contribution in [2.24, 2.45) is 0 Å². The Morgan fingerprint density at radius 2 is 0.929 bits per heavy atom. The van der Waals surface area contributed by atoms with Gasteiger partial charge in [0, 0.05) is 0 Å². The third kappa shape index (κ3) is 10.0. The Kier molecular flexibility index (Phi) is 13.9. The zero-order chi connectivity index (χ0) is 68.2. The summed E-state index contributed by atoms with van der Waals surface area (Å²) in [5.74, 6) is 0. The van der Waals surface area contributed by atoms with Crippen LogP contribution in [0.15, 0.2) is 186 Å². The number of thiophene rings is 1. The number of rotatable bonds is 8. The maximum atomic E-state index is 7.83. The van der Waals surface area contributed by atoms with Crippen LogP contribution in [-0.4, -0.2) is 11.5 Å². The van der Waals surface area contributed by atoms with E-state index in [9.17, 15) is 0 Å². The topological polar surface area (TPSA) is 33.3 Å².